The van der Waals surface area contributed by atoms with E-state index in [1.165, 1.54) is 87.5 Å². The van der Waals surface area contributed by atoms with Crippen LogP contribution in [0.2, 0.25) is 0 Å². The Morgan fingerprint density at radius 3 is 1.26 bits per heavy atom. The number of nitrogens with zero attached hydrogens (tertiary/aromatic N) is 1. The SMILES string of the molecule is CC(=O)c1ccc(S(C)(=O)=O)cc1.CC(=O)c1ccc(S(C)(=O)=O)s1.CC(=O)c1cccc(C(C)=O)c1.CCc1ccc(C(C)=O)cc1.CCc1cccc(C(C)=O)c1.Cc1noc2ccc(S(C)(=O)=O)cc12. The van der Waals surface area contributed by atoms with Crippen molar-refractivity contribution in [2.24, 2.45) is 0 Å². The van der Waals surface area contributed by atoms with Crippen molar-refractivity contribution in [3.63, 3.8) is 0 Å². The molecule has 18 heteroatoms. The average Bonchev–Trinajstić information content (AvgIpc) is 4.00. The topological polar surface area (TPSA) is 231 Å². The minimum atomic E-state index is -3.16. The van der Waals surface area contributed by atoms with Crippen LogP contribution in [0.4, 0.5) is 0 Å². The van der Waals surface area contributed by atoms with Crippen molar-refractivity contribution in [3.05, 3.63) is 177 Å². The number of ketones is 6. The second kappa shape index (κ2) is 28.4. The first-order valence-corrected chi connectivity index (χ1v) is 28.9. The highest BCUT2D eigenvalue weighted by molar-refractivity contribution is 7.92. The maximum atomic E-state index is 11.3. The van der Waals surface area contributed by atoms with Gasteiger partial charge in [-0.05, 0) is 127 Å². The monoisotopic (exact) mass is 1070 g/mol. The van der Waals surface area contributed by atoms with E-state index in [1.807, 2.05) is 48.5 Å². The Morgan fingerprint density at radius 1 is 0.452 bits per heavy atom. The molecular weight excluding hydrogens is 1010 g/mol. The van der Waals surface area contributed by atoms with E-state index in [2.05, 4.69) is 19.0 Å². The number of fused-ring (bicyclic) bond motifs is 1. The Bertz CT molecular complexity index is 3380. The van der Waals surface area contributed by atoms with E-state index in [1.54, 1.807) is 57.2 Å². The molecular formula is C55H61NO13S4. The maximum absolute atomic E-state index is 11.3. The smallest absolute Gasteiger partial charge is 0.184 e. The van der Waals surface area contributed by atoms with Crippen LogP contribution in [0.3, 0.4) is 0 Å². The molecule has 0 saturated heterocycles. The highest BCUT2D eigenvalue weighted by atomic mass is 32.2. The van der Waals surface area contributed by atoms with Gasteiger partial charge in [-0.1, -0.05) is 91.8 Å². The van der Waals surface area contributed by atoms with E-state index < -0.39 is 29.5 Å². The highest BCUT2D eigenvalue weighted by Crippen LogP contribution is 2.23. The Labute approximate surface area is 432 Å². The van der Waals surface area contributed by atoms with E-state index in [-0.39, 0.29) is 48.7 Å². The molecule has 14 nitrogen and oxygen atoms in total. The fourth-order valence-corrected chi connectivity index (χ4v) is 8.96. The molecule has 0 aliphatic carbocycles. The molecule has 2 aromatic heterocycles. The summed E-state index contributed by atoms with van der Waals surface area (Å²) in [6.45, 7) is 15.0. The van der Waals surface area contributed by atoms with Crippen LogP contribution < -0.4 is 0 Å². The Balaban J connectivity index is 0.000000301. The number of carbonyl (C=O) groups is 6. The van der Waals surface area contributed by atoms with Crippen molar-refractivity contribution in [1.29, 1.82) is 0 Å². The van der Waals surface area contributed by atoms with E-state index in [4.69, 9.17) is 4.52 Å². The Kier molecular flexibility index (Phi) is 24.2. The second-order valence-corrected chi connectivity index (χ2v) is 23.8. The molecule has 0 saturated carbocycles. The largest absolute Gasteiger partial charge is 0.356 e. The summed E-state index contributed by atoms with van der Waals surface area (Å²) in [5, 5.41) is 4.49. The minimum Gasteiger partial charge on any atom is -0.356 e. The summed E-state index contributed by atoms with van der Waals surface area (Å²) in [6, 6.07) is 35.8. The molecule has 0 spiro atoms. The highest BCUT2D eigenvalue weighted by Gasteiger charge is 2.13. The first-order chi connectivity index (χ1) is 33.9. The summed E-state index contributed by atoms with van der Waals surface area (Å²) >= 11 is 1.01. The zero-order valence-electron chi connectivity index (χ0n) is 42.9. The van der Waals surface area contributed by atoms with Gasteiger partial charge in [-0.3, -0.25) is 28.8 Å². The summed E-state index contributed by atoms with van der Waals surface area (Å²) in [6.07, 6.45) is 5.45. The number of hydrogen-bond donors (Lipinski definition) is 0. The molecule has 0 atom stereocenters. The first-order valence-electron chi connectivity index (χ1n) is 22.4. The second-order valence-electron chi connectivity index (χ2n) is 16.4. The molecule has 0 unspecified atom stereocenters. The van der Waals surface area contributed by atoms with Gasteiger partial charge in [0.2, 0.25) is 0 Å². The quantitative estimate of drug-likeness (QED) is 0.110. The number of rotatable bonds is 11. The zero-order valence-corrected chi connectivity index (χ0v) is 46.2. The van der Waals surface area contributed by atoms with Gasteiger partial charge in [0, 0.05) is 52.0 Å². The molecule has 0 amide bonds. The number of benzene rings is 5. The third-order valence-corrected chi connectivity index (χ3v) is 15.5. The van der Waals surface area contributed by atoms with Crippen LogP contribution in [0.25, 0.3) is 11.0 Å². The number of aromatic nitrogens is 1. The van der Waals surface area contributed by atoms with Crippen LogP contribution in [-0.2, 0) is 42.4 Å². The molecule has 0 bridgehead atoms. The minimum absolute atomic E-state index is 0.0156. The van der Waals surface area contributed by atoms with Crippen LogP contribution in [-0.4, -0.2) is 83.9 Å². The molecule has 0 aliphatic rings. The van der Waals surface area contributed by atoms with Gasteiger partial charge >= 0.3 is 0 Å². The van der Waals surface area contributed by atoms with Crippen molar-refractivity contribution >= 4 is 86.5 Å². The summed E-state index contributed by atoms with van der Waals surface area (Å²) < 4.78 is 71.7. The average molecular weight is 1070 g/mol. The predicted molar refractivity (Wildman–Crippen MR) is 287 cm³/mol. The van der Waals surface area contributed by atoms with Crippen LogP contribution in [0.15, 0.2) is 146 Å². The van der Waals surface area contributed by atoms with Gasteiger partial charge in [0.15, 0.2) is 69.8 Å². The van der Waals surface area contributed by atoms with E-state index in [0.29, 0.717) is 32.8 Å². The van der Waals surface area contributed by atoms with Crippen LogP contribution >= 0.6 is 11.3 Å². The lowest BCUT2D eigenvalue weighted by molar-refractivity contribution is 0.1000. The van der Waals surface area contributed by atoms with Crippen molar-refractivity contribution in [2.45, 2.75) is 89.2 Å². The van der Waals surface area contributed by atoms with Crippen molar-refractivity contribution in [3.8, 4) is 0 Å². The maximum Gasteiger partial charge on any atom is 0.184 e. The predicted octanol–water partition coefficient (Wildman–Crippen LogP) is 11.2. The molecule has 388 valence electrons. The van der Waals surface area contributed by atoms with Crippen molar-refractivity contribution < 1.29 is 58.5 Å². The van der Waals surface area contributed by atoms with E-state index in [9.17, 15) is 54.0 Å². The number of sulfone groups is 3. The van der Waals surface area contributed by atoms with Gasteiger partial charge in [0.1, 0.15) is 4.21 Å². The van der Waals surface area contributed by atoms with Gasteiger partial charge in [-0.15, -0.1) is 11.3 Å². The van der Waals surface area contributed by atoms with Crippen LogP contribution in [0.5, 0.6) is 0 Å². The molecule has 7 aromatic rings. The molecule has 7 rings (SSSR count). The molecule has 2 heterocycles. The Hall–Kier alpha value is -6.86. The summed E-state index contributed by atoms with van der Waals surface area (Å²) in [5.41, 5.74) is 7.09. The lowest BCUT2D eigenvalue weighted by Gasteiger charge is -1.98. The fraction of sp³-hybridized carbons (Fsp3) is 0.255. The molecule has 0 aliphatic heterocycles. The number of aryl methyl sites for hydroxylation is 3. The van der Waals surface area contributed by atoms with Crippen molar-refractivity contribution in [2.75, 3.05) is 18.8 Å². The third kappa shape index (κ3) is 21.4. The number of carbonyl (C=O) groups excluding carboxylic acids is 6. The lowest BCUT2D eigenvalue weighted by atomic mass is 10.1. The zero-order chi connectivity index (χ0) is 55.4. The van der Waals surface area contributed by atoms with Gasteiger partial charge in [0.25, 0.3) is 0 Å². The normalized spacial score (nSPS) is 10.7. The van der Waals surface area contributed by atoms with E-state index >= 15 is 0 Å². The number of hydrogen-bond acceptors (Lipinski definition) is 15. The van der Waals surface area contributed by atoms with Crippen LogP contribution in [0.1, 0.15) is 134 Å². The van der Waals surface area contributed by atoms with Gasteiger partial charge in [-0.2, -0.15) is 0 Å². The number of thiophene rings is 1. The molecule has 0 N–H and O–H groups in total. The molecule has 73 heavy (non-hydrogen) atoms. The van der Waals surface area contributed by atoms with Crippen molar-refractivity contribution in [1.82, 2.24) is 5.16 Å². The van der Waals surface area contributed by atoms with Gasteiger partial charge < -0.3 is 4.52 Å². The Morgan fingerprint density at radius 2 is 0.877 bits per heavy atom. The first kappa shape index (κ1) is 62.3. The fourth-order valence-electron chi connectivity index (χ4n) is 5.86. The number of Topliss-reactive ketones (excluding diaryl/α,β-unsaturated/α-hetero) is 6. The van der Waals surface area contributed by atoms with E-state index in [0.717, 1.165) is 53.2 Å². The van der Waals surface area contributed by atoms with Crippen LogP contribution in [0, 0.1) is 6.92 Å². The molecule has 0 radical (unpaired) electrons. The third-order valence-electron chi connectivity index (χ3n) is 10.2. The summed E-state index contributed by atoms with van der Waals surface area (Å²) in [5.74, 6) is 0.0686. The lowest BCUT2D eigenvalue weighted by Crippen LogP contribution is -1.98. The summed E-state index contributed by atoms with van der Waals surface area (Å²) in [7, 11) is -9.46. The standard InChI is InChI=1S/C10H10O2.2C10H12O.C9H9NO3S.C9H10O3S.C7H8O3S2/c1-7(11)9-4-3-5-10(6-9)8(2)12;1-3-9-4-6-10(7-5-9)8(2)11;1-3-9-5-4-6-10(7-9)8(2)11;1-6-8-5-7(14(2,11)12)3-4-9(8)13-10-6;1-7(10)8-3-5-9(6-4-8)13(2,11)12;1-5(8)6-3-4-7(11-6)12(2,9)10/h3-6H,1-2H3;2*4-7H,3H2,1-2H3;3-5H,1-2H3;3-6H,1-2H3;3-4H,1-2H3. The van der Waals surface area contributed by atoms with Gasteiger partial charge in [0.05, 0.1) is 20.4 Å². The molecule has 0 fully saturated rings. The molecule has 5 aromatic carbocycles. The van der Waals surface area contributed by atoms with Gasteiger partial charge in [-0.25, -0.2) is 25.3 Å². The summed E-state index contributed by atoms with van der Waals surface area (Å²) in [4.78, 5) is 66.2.